The second-order valence-electron chi connectivity index (χ2n) is 9.26. The first kappa shape index (κ1) is 20.7. The number of carbonyl (C=O) groups excluding carboxylic acids is 1. The summed E-state index contributed by atoms with van der Waals surface area (Å²) in [5.41, 5.74) is 0.692. The quantitative estimate of drug-likeness (QED) is 0.590. The maximum absolute atomic E-state index is 12.7. The van der Waals surface area contributed by atoms with Crippen molar-refractivity contribution in [2.75, 3.05) is 7.11 Å². The van der Waals surface area contributed by atoms with E-state index >= 15 is 0 Å². The van der Waals surface area contributed by atoms with Crippen molar-refractivity contribution in [2.45, 2.75) is 65.1 Å². The minimum absolute atomic E-state index is 0.0210. The molecule has 0 aromatic heterocycles. The summed E-state index contributed by atoms with van der Waals surface area (Å²) in [6.07, 6.45) is 5.30. The average Bonchev–Trinajstić information content (AvgIpc) is 2.70. The van der Waals surface area contributed by atoms with E-state index in [1.165, 1.54) is 25.3 Å². The highest BCUT2D eigenvalue weighted by atomic mass is 16.5. The molecule has 0 amide bonds. The number of hydrogen-bond acceptors (Lipinski definition) is 5. The van der Waals surface area contributed by atoms with Gasteiger partial charge in [-0.3, -0.25) is 0 Å². The van der Waals surface area contributed by atoms with Gasteiger partial charge in [0.1, 0.15) is 6.10 Å². The Bertz CT molecular complexity index is 777. The molecule has 0 heterocycles. The lowest BCUT2D eigenvalue weighted by atomic mass is 9.62. The van der Waals surface area contributed by atoms with Crippen molar-refractivity contribution in [1.29, 1.82) is 0 Å². The Morgan fingerprint density at radius 3 is 2.61 bits per heavy atom. The highest BCUT2D eigenvalue weighted by Gasteiger charge is 2.49. The monoisotopic (exact) mass is 388 g/mol. The number of benzene rings is 1. The molecule has 0 spiro atoms. The molecule has 2 aliphatic rings. The molecule has 5 nitrogen and oxygen atoms in total. The van der Waals surface area contributed by atoms with Gasteiger partial charge < -0.3 is 19.7 Å². The molecule has 28 heavy (non-hydrogen) atoms. The SMILES string of the molecule is COc1cc(C(=O)OC2CC3C(C=C2C)C(C)(C)CCCC3(C)O)ccc1O. The Morgan fingerprint density at radius 2 is 1.93 bits per heavy atom. The first-order chi connectivity index (χ1) is 13.0. The van der Waals surface area contributed by atoms with Crippen molar-refractivity contribution in [3.8, 4) is 11.5 Å². The van der Waals surface area contributed by atoms with E-state index in [1.54, 1.807) is 0 Å². The van der Waals surface area contributed by atoms with Gasteiger partial charge in [-0.05, 0) is 74.1 Å². The van der Waals surface area contributed by atoms with Gasteiger partial charge in [0, 0.05) is 0 Å². The lowest BCUT2D eigenvalue weighted by Gasteiger charge is -2.45. The van der Waals surface area contributed by atoms with Crippen LogP contribution in [-0.2, 0) is 4.74 Å². The van der Waals surface area contributed by atoms with Crippen molar-refractivity contribution in [2.24, 2.45) is 17.3 Å². The summed E-state index contributed by atoms with van der Waals surface area (Å²) in [5, 5.41) is 20.9. The van der Waals surface area contributed by atoms with E-state index in [4.69, 9.17) is 9.47 Å². The van der Waals surface area contributed by atoms with E-state index in [0.29, 0.717) is 12.0 Å². The van der Waals surface area contributed by atoms with Gasteiger partial charge in [-0.1, -0.05) is 26.3 Å². The average molecular weight is 389 g/mol. The van der Waals surface area contributed by atoms with Gasteiger partial charge in [-0.25, -0.2) is 4.79 Å². The summed E-state index contributed by atoms with van der Waals surface area (Å²) in [4.78, 5) is 12.7. The summed E-state index contributed by atoms with van der Waals surface area (Å²) in [6.45, 7) is 8.46. The molecule has 154 valence electrons. The molecular weight excluding hydrogens is 356 g/mol. The van der Waals surface area contributed by atoms with Crippen LogP contribution in [-0.4, -0.2) is 35.0 Å². The lowest BCUT2D eigenvalue weighted by molar-refractivity contribution is -0.0579. The number of ether oxygens (including phenoxy) is 2. The molecule has 5 heteroatoms. The first-order valence-electron chi connectivity index (χ1n) is 10.0. The number of hydrogen-bond donors (Lipinski definition) is 2. The summed E-state index contributed by atoms with van der Waals surface area (Å²) in [5.74, 6) is 0.0582. The number of aromatic hydroxyl groups is 1. The molecule has 1 saturated carbocycles. The molecule has 3 rings (SSSR count). The van der Waals surface area contributed by atoms with E-state index in [0.717, 1.165) is 24.8 Å². The van der Waals surface area contributed by atoms with E-state index in [1.807, 2.05) is 13.8 Å². The fraction of sp³-hybridized carbons (Fsp3) is 0.609. The second-order valence-corrected chi connectivity index (χ2v) is 9.26. The summed E-state index contributed by atoms with van der Waals surface area (Å²) in [7, 11) is 1.44. The third-order valence-corrected chi connectivity index (χ3v) is 6.72. The third kappa shape index (κ3) is 3.90. The van der Waals surface area contributed by atoms with Crippen LogP contribution in [0, 0.1) is 17.3 Å². The van der Waals surface area contributed by atoms with E-state index in [2.05, 4.69) is 19.9 Å². The zero-order chi connectivity index (χ0) is 20.7. The molecule has 2 N–H and O–H groups in total. The van der Waals surface area contributed by atoms with Gasteiger partial charge in [-0.2, -0.15) is 0 Å². The van der Waals surface area contributed by atoms with Crippen LogP contribution in [0.5, 0.6) is 11.5 Å². The highest BCUT2D eigenvalue weighted by molar-refractivity contribution is 5.90. The normalized spacial score (nSPS) is 31.9. The topological polar surface area (TPSA) is 76.0 Å². The fourth-order valence-corrected chi connectivity index (χ4v) is 4.88. The largest absolute Gasteiger partial charge is 0.504 e. The molecule has 4 atom stereocenters. The molecule has 2 aliphatic carbocycles. The number of allylic oxidation sites excluding steroid dienone is 1. The van der Waals surface area contributed by atoms with Gasteiger partial charge in [0.05, 0.1) is 18.3 Å². The Balaban J connectivity index is 1.85. The predicted octanol–water partition coefficient (Wildman–Crippen LogP) is 4.47. The fourth-order valence-electron chi connectivity index (χ4n) is 4.88. The lowest BCUT2D eigenvalue weighted by Crippen LogP contribution is -2.46. The molecular formula is C23H32O5. The molecule has 0 radical (unpaired) electrons. The Kier molecular flexibility index (Phi) is 5.50. The number of carbonyl (C=O) groups is 1. The Morgan fingerprint density at radius 1 is 1.21 bits per heavy atom. The number of aliphatic hydroxyl groups is 1. The van der Waals surface area contributed by atoms with Crippen molar-refractivity contribution < 1.29 is 24.5 Å². The van der Waals surface area contributed by atoms with Gasteiger partial charge in [-0.15, -0.1) is 0 Å². The maximum Gasteiger partial charge on any atom is 0.338 e. The minimum Gasteiger partial charge on any atom is -0.504 e. The number of phenols is 1. The number of phenolic OH excluding ortho intramolecular Hbond substituents is 1. The van der Waals surface area contributed by atoms with Crippen LogP contribution in [0.25, 0.3) is 0 Å². The van der Waals surface area contributed by atoms with Crippen molar-refractivity contribution >= 4 is 5.97 Å². The van der Waals surface area contributed by atoms with Crippen molar-refractivity contribution in [3.63, 3.8) is 0 Å². The van der Waals surface area contributed by atoms with E-state index < -0.39 is 11.6 Å². The van der Waals surface area contributed by atoms with Crippen LogP contribution >= 0.6 is 0 Å². The van der Waals surface area contributed by atoms with Gasteiger partial charge in [0.25, 0.3) is 0 Å². The summed E-state index contributed by atoms with van der Waals surface area (Å²) < 4.78 is 10.9. The van der Waals surface area contributed by atoms with Gasteiger partial charge in [0.15, 0.2) is 11.5 Å². The van der Waals surface area contributed by atoms with Gasteiger partial charge >= 0.3 is 5.97 Å². The number of fused-ring (bicyclic) bond motifs is 1. The van der Waals surface area contributed by atoms with E-state index in [-0.39, 0.29) is 34.9 Å². The predicted molar refractivity (Wildman–Crippen MR) is 107 cm³/mol. The molecule has 0 bridgehead atoms. The van der Waals surface area contributed by atoms with Gasteiger partial charge in [0.2, 0.25) is 0 Å². The standard InChI is InChI=1S/C23H32O5/c1-14-11-16-17(23(4,26)10-6-9-22(16,2)3)13-19(14)28-21(25)15-7-8-18(24)20(12-15)27-5/h7-8,11-12,16-17,19,24,26H,6,9-10,13H2,1-5H3. The molecule has 4 unspecified atom stereocenters. The van der Waals surface area contributed by atoms with Crippen LogP contribution in [0.4, 0.5) is 0 Å². The van der Waals surface area contributed by atoms with E-state index in [9.17, 15) is 15.0 Å². The molecule has 1 fully saturated rings. The molecule has 0 saturated heterocycles. The third-order valence-electron chi connectivity index (χ3n) is 6.72. The number of esters is 1. The minimum atomic E-state index is -0.776. The Hall–Kier alpha value is -2.01. The van der Waals surface area contributed by atoms with Crippen LogP contribution in [0.2, 0.25) is 0 Å². The zero-order valence-corrected chi connectivity index (χ0v) is 17.5. The van der Waals surface area contributed by atoms with Crippen LogP contribution in [0.1, 0.15) is 63.7 Å². The smallest absolute Gasteiger partial charge is 0.338 e. The zero-order valence-electron chi connectivity index (χ0n) is 17.5. The van der Waals surface area contributed by atoms with Crippen LogP contribution < -0.4 is 4.74 Å². The second kappa shape index (κ2) is 7.43. The molecule has 0 aliphatic heterocycles. The summed E-state index contributed by atoms with van der Waals surface area (Å²) >= 11 is 0. The van der Waals surface area contributed by atoms with Crippen LogP contribution in [0.15, 0.2) is 29.8 Å². The number of methoxy groups -OCH3 is 1. The van der Waals surface area contributed by atoms with Crippen molar-refractivity contribution in [1.82, 2.24) is 0 Å². The maximum atomic E-state index is 12.7. The summed E-state index contributed by atoms with van der Waals surface area (Å²) in [6, 6.07) is 4.43. The van der Waals surface area contributed by atoms with Crippen LogP contribution in [0.3, 0.4) is 0 Å². The first-order valence-corrected chi connectivity index (χ1v) is 10.0. The molecule has 1 aromatic carbocycles. The number of rotatable bonds is 3. The molecule has 1 aromatic rings. The highest BCUT2D eigenvalue weighted by Crippen LogP contribution is 2.51. The Labute approximate surface area is 167 Å². The van der Waals surface area contributed by atoms with Crippen molar-refractivity contribution in [3.05, 3.63) is 35.4 Å².